The summed E-state index contributed by atoms with van der Waals surface area (Å²) in [5.74, 6) is 0.736. The van der Waals surface area contributed by atoms with Crippen LogP contribution < -0.4 is 5.32 Å². The summed E-state index contributed by atoms with van der Waals surface area (Å²) in [5.41, 5.74) is 1.50. The quantitative estimate of drug-likeness (QED) is 0.819. The summed E-state index contributed by atoms with van der Waals surface area (Å²) in [6, 6.07) is 7.11. The Bertz CT molecular complexity index is 543. The number of hydrogen-bond acceptors (Lipinski definition) is 4. The Balaban J connectivity index is 2.18. The highest BCUT2D eigenvalue weighted by atomic mass is 16.4. The fourth-order valence-electron chi connectivity index (χ4n) is 1.30. The van der Waals surface area contributed by atoms with E-state index in [9.17, 15) is 4.79 Å². The molecule has 0 aliphatic rings. The largest absolute Gasteiger partial charge is 0.421 e. The monoisotopic (exact) mass is 229 g/mol. The molecule has 0 aliphatic heterocycles. The highest BCUT2D eigenvalue weighted by Gasteiger charge is 2.05. The van der Waals surface area contributed by atoms with E-state index in [-0.39, 0.29) is 5.91 Å². The summed E-state index contributed by atoms with van der Waals surface area (Å²) in [4.78, 5) is 11.1. The van der Waals surface area contributed by atoms with E-state index in [0.29, 0.717) is 17.5 Å². The molecule has 0 radical (unpaired) electrons. The SMILES string of the molecule is C=CC(=O)Nc1ccc(-c2nnc(C)o2)cc1. The smallest absolute Gasteiger partial charge is 0.247 e. The third kappa shape index (κ3) is 2.57. The maximum absolute atomic E-state index is 11.1. The second-order valence-corrected chi connectivity index (χ2v) is 3.40. The number of amides is 1. The third-order valence-corrected chi connectivity index (χ3v) is 2.11. The molecule has 2 rings (SSSR count). The highest BCUT2D eigenvalue weighted by molar-refractivity contribution is 5.98. The molecule has 0 saturated carbocycles. The van der Waals surface area contributed by atoms with Gasteiger partial charge in [-0.1, -0.05) is 6.58 Å². The van der Waals surface area contributed by atoms with Crippen molar-refractivity contribution in [2.75, 3.05) is 5.32 Å². The summed E-state index contributed by atoms with van der Waals surface area (Å²) in [7, 11) is 0. The first kappa shape index (κ1) is 11.1. The Kier molecular flexibility index (Phi) is 3.00. The van der Waals surface area contributed by atoms with Crippen LogP contribution in [0.5, 0.6) is 0 Å². The molecule has 17 heavy (non-hydrogen) atoms. The van der Waals surface area contributed by atoms with Crippen LogP contribution in [-0.4, -0.2) is 16.1 Å². The summed E-state index contributed by atoms with van der Waals surface area (Å²) in [6.45, 7) is 5.11. The first-order valence-electron chi connectivity index (χ1n) is 5.03. The fourth-order valence-corrected chi connectivity index (χ4v) is 1.30. The molecule has 0 fully saturated rings. The Morgan fingerprint density at radius 2 is 2.06 bits per heavy atom. The molecule has 0 atom stereocenters. The van der Waals surface area contributed by atoms with Crippen molar-refractivity contribution in [3.8, 4) is 11.5 Å². The molecule has 1 aromatic heterocycles. The second-order valence-electron chi connectivity index (χ2n) is 3.40. The number of benzene rings is 1. The zero-order valence-corrected chi connectivity index (χ0v) is 9.30. The molecule has 5 nitrogen and oxygen atoms in total. The summed E-state index contributed by atoms with van der Waals surface area (Å²) in [5, 5.41) is 10.3. The van der Waals surface area contributed by atoms with Gasteiger partial charge in [-0.05, 0) is 30.3 Å². The van der Waals surface area contributed by atoms with Gasteiger partial charge in [0.05, 0.1) is 0 Å². The highest BCUT2D eigenvalue weighted by Crippen LogP contribution is 2.19. The van der Waals surface area contributed by atoms with E-state index in [0.717, 1.165) is 5.56 Å². The first-order chi connectivity index (χ1) is 8.19. The van der Waals surface area contributed by atoms with Gasteiger partial charge in [0, 0.05) is 18.2 Å². The minimum absolute atomic E-state index is 0.244. The number of carbonyl (C=O) groups excluding carboxylic acids is 1. The van der Waals surface area contributed by atoms with Crippen LogP contribution in [0.2, 0.25) is 0 Å². The van der Waals surface area contributed by atoms with Crippen LogP contribution in [0, 0.1) is 6.92 Å². The lowest BCUT2D eigenvalue weighted by Gasteiger charge is -2.02. The summed E-state index contributed by atoms with van der Waals surface area (Å²) < 4.78 is 5.29. The Morgan fingerprint density at radius 1 is 1.35 bits per heavy atom. The standard InChI is InChI=1S/C12H11N3O2/c1-3-11(16)13-10-6-4-9(5-7-10)12-15-14-8(2)17-12/h3-7H,1H2,2H3,(H,13,16). The van der Waals surface area contributed by atoms with Crippen molar-refractivity contribution in [1.82, 2.24) is 10.2 Å². The molecule has 1 aromatic carbocycles. The van der Waals surface area contributed by atoms with Crippen LogP contribution in [0.25, 0.3) is 11.5 Å². The van der Waals surface area contributed by atoms with E-state index in [2.05, 4.69) is 22.1 Å². The maximum atomic E-state index is 11.1. The average Bonchev–Trinajstić information content (AvgIpc) is 2.77. The number of carbonyl (C=O) groups is 1. The number of nitrogens with zero attached hydrogens (tertiary/aromatic N) is 2. The van der Waals surface area contributed by atoms with Crippen LogP contribution in [-0.2, 0) is 4.79 Å². The number of rotatable bonds is 3. The van der Waals surface area contributed by atoms with Gasteiger partial charge >= 0.3 is 0 Å². The molecule has 0 saturated heterocycles. The molecule has 1 heterocycles. The zero-order valence-electron chi connectivity index (χ0n) is 9.30. The molecular weight excluding hydrogens is 218 g/mol. The number of aryl methyl sites for hydroxylation is 1. The van der Waals surface area contributed by atoms with E-state index < -0.39 is 0 Å². The minimum atomic E-state index is -0.244. The van der Waals surface area contributed by atoms with Gasteiger partial charge < -0.3 is 9.73 Å². The Labute approximate surface area is 98.2 Å². The number of anilines is 1. The third-order valence-electron chi connectivity index (χ3n) is 2.11. The van der Waals surface area contributed by atoms with Crippen molar-refractivity contribution in [2.24, 2.45) is 0 Å². The van der Waals surface area contributed by atoms with E-state index in [1.165, 1.54) is 6.08 Å². The van der Waals surface area contributed by atoms with Crippen molar-refractivity contribution >= 4 is 11.6 Å². The molecular formula is C12H11N3O2. The average molecular weight is 229 g/mol. The van der Waals surface area contributed by atoms with Gasteiger partial charge in [-0.25, -0.2) is 0 Å². The van der Waals surface area contributed by atoms with Crippen molar-refractivity contribution in [1.29, 1.82) is 0 Å². The molecule has 0 aliphatic carbocycles. The fraction of sp³-hybridized carbons (Fsp3) is 0.0833. The van der Waals surface area contributed by atoms with Crippen LogP contribution in [0.4, 0.5) is 5.69 Å². The van der Waals surface area contributed by atoms with Gasteiger partial charge in [-0.3, -0.25) is 4.79 Å². The van der Waals surface area contributed by atoms with E-state index in [4.69, 9.17) is 4.42 Å². The van der Waals surface area contributed by atoms with Gasteiger partial charge in [-0.15, -0.1) is 10.2 Å². The van der Waals surface area contributed by atoms with Crippen LogP contribution in [0.1, 0.15) is 5.89 Å². The van der Waals surface area contributed by atoms with E-state index in [1.807, 2.05) is 0 Å². The molecule has 1 N–H and O–H groups in total. The maximum Gasteiger partial charge on any atom is 0.247 e. The normalized spacial score (nSPS) is 9.94. The van der Waals surface area contributed by atoms with Crippen molar-refractivity contribution < 1.29 is 9.21 Å². The summed E-state index contributed by atoms with van der Waals surface area (Å²) in [6.07, 6.45) is 1.22. The zero-order chi connectivity index (χ0) is 12.3. The van der Waals surface area contributed by atoms with Crippen molar-refractivity contribution in [2.45, 2.75) is 6.92 Å². The van der Waals surface area contributed by atoms with E-state index in [1.54, 1.807) is 31.2 Å². The minimum Gasteiger partial charge on any atom is -0.421 e. The lowest BCUT2D eigenvalue weighted by molar-refractivity contribution is -0.111. The molecule has 86 valence electrons. The van der Waals surface area contributed by atoms with Gasteiger partial charge in [0.15, 0.2) is 0 Å². The molecule has 0 bridgehead atoms. The molecule has 0 unspecified atom stereocenters. The van der Waals surface area contributed by atoms with Gasteiger partial charge in [0.2, 0.25) is 17.7 Å². The number of aromatic nitrogens is 2. The lowest BCUT2D eigenvalue weighted by Crippen LogP contribution is -2.06. The van der Waals surface area contributed by atoms with Crippen LogP contribution in [0.3, 0.4) is 0 Å². The van der Waals surface area contributed by atoms with E-state index >= 15 is 0 Å². The Morgan fingerprint density at radius 3 is 2.59 bits per heavy atom. The number of hydrogen-bond donors (Lipinski definition) is 1. The predicted octanol–water partition coefficient (Wildman–Crippen LogP) is 2.17. The van der Waals surface area contributed by atoms with Gasteiger partial charge in [0.1, 0.15) is 0 Å². The Hall–Kier alpha value is -2.43. The molecule has 5 heteroatoms. The lowest BCUT2D eigenvalue weighted by atomic mass is 10.2. The predicted molar refractivity (Wildman–Crippen MR) is 63.3 cm³/mol. The molecule has 1 amide bonds. The topological polar surface area (TPSA) is 68.0 Å². The molecule has 0 spiro atoms. The van der Waals surface area contributed by atoms with Gasteiger partial charge in [-0.2, -0.15) is 0 Å². The molecule has 2 aromatic rings. The van der Waals surface area contributed by atoms with Crippen molar-refractivity contribution in [3.05, 3.63) is 42.8 Å². The first-order valence-corrected chi connectivity index (χ1v) is 5.03. The van der Waals surface area contributed by atoms with Crippen LogP contribution >= 0.6 is 0 Å². The van der Waals surface area contributed by atoms with Crippen LogP contribution in [0.15, 0.2) is 41.3 Å². The number of nitrogens with one attached hydrogen (secondary N) is 1. The van der Waals surface area contributed by atoms with Gasteiger partial charge in [0.25, 0.3) is 0 Å². The van der Waals surface area contributed by atoms with Crippen molar-refractivity contribution in [3.63, 3.8) is 0 Å². The summed E-state index contributed by atoms with van der Waals surface area (Å²) >= 11 is 0. The second kappa shape index (κ2) is 4.61.